The number of rotatable bonds is 4. The Bertz CT molecular complexity index is 568. The zero-order valence-corrected chi connectivity index (χ0v) is 11.4. The van der Waals surface area contributed by atoms with Crippen LogP contribution in [0.25, 0.3) is 0 Å². The molecule has 0 aliphatic heterocycles. The first kappa shape index (κ1) is 13.3. The van der Waals surface area contributed by atoms with Crippen LogP contribution in [0.4, 0.5) is 0 Å². The van der Waals surface area contributed by atoms with Crippen molar-refractivity contribution in [3.05, 3.63) is 58.9 Å². The third kappa shape index (κ3) is 2.99. The predicted octanol–water partition coefficient (Wildman–Crippen LogP) is 3.13. The van der Waals surface area contributed by atoms with Gasteiger partial charge in [-0.25, -0.2) is 0 Å². The Morgan fingerprint density at radius 3 is 2.42 bits per heavy atom. The third-order valence-corrected chi connectivity index (χ3v) is 3.19. The molecule has 2 aromatic rings. The van der Waals surface area contributed by atoms with Crippen LogP contribution in [0, 0.1) is 13.8 Å². The van der Waals surface area contributed by atoms with Crippen molar-refractivity contribution in [1.29, 1.82) is 0 Å². The van der Waals surface area contributed by atoms with E-state index in [1.165, 1.54) is 0 Å². The Hall–Kier alpha value is -2.16. The molecule has 0 unspecified atom stereocenters. The van der Waals surface area contributed by atoms with E-state index in [-0.39, 0.29) is 5.78 Å². The number of nitrogens with zero attached hydrogens (tertiary/aromatic N) is 1. The highest BCUT2D eigenvalue weighted by atomic mass is 16.5. The second-order valence-corrected chi connectivity index (χ2v) is 4.55. The Labute approximate surface area is 113 Å². The van der Waals surface area contributed by atoms with Crippen molar-refractivity contribution in [3.63, 3.8) is 0 Å². The van der Waals surface area contributed by atoms with Crippen LogP contribution in [-0.2, 0) is 6.42 Å². The molecule has 0 aliphatic carbocycles. The number of carbonyl (C=O) groups excluding carboxylic acids is 1. The molecule has 0 aliphatic rings. The maximum Gasteiger partial charge on any atom is 0.185 e. The highest BCUT2D eigenvalue weighted by Crippen LogP contribution is 2.22. The summed E-state index contributed by atoms with van der Waals surface area (Å²) in [6.45, 7) is 3.99. The minimum absolute atomic E-state index is 0.0389. The van der Waals surface area contributed by atoms with Crippen LogP contribution in [0.5, 0.6) is 5.75 Å². The molecule has 1 heterocycles. The molecule has 0 saturated heterocycles. The van der Waals surface area contributed by atoms with Gasteiger partial charge in [0.1, 0.15) is 11.4 Å². The fourth-order valence-electron chi connectivity index (χ4n) is 2.13. The second kappa shape index (κ2) is 5.65. The van der Waals surface area contributed by atoms with Crippen LogP contribution in [-0.4, -0.2) is 17.9 Å². The molecule has 0 spiro atoms. The highest BCUT2D eigenvalue weighted by Gasteiger charge is 2.12. The lowest BCUT2D eigenvalue weighted by Crippen LogP contribution is -2.08. The van der Waals surface area contributed by atoms with Gasteiger partial charge in [0.05, 0.1) is 7.11 Å². The topological polar surface area (TPSA) is 39.2 Å². The van der Waals surface area contributed by atoms with Gasteiger partial charge in [-0.3, -0.25) is 9.78 Å². The molecule has 0 amide bonds. The van der Waals surface area contributed by atoms with Crippen LogP contribution < -0.4 is 4.74 Å². The standard InChI is InChI=1S/C16H17NO2/c1-11-8-13(19-3)9-12(2)14(11)10-16(18)15-6-4-5-7-17-15/h4-9H,10H2,1-3H3. The van der Waals surface area contributed by atoms with Crippen molar-refractivity contribution >= 4 is 5.78 Å². The molecule has 2 rings (SSSR count). The number of hydrogen-bond donors (Lipinski definition) is 0. The Kier molecular flexibility index (Phi) is 3.95. The van der Waals surface area contributed by atoms with Gasteiger partial charge in [-0.05, 0) is 54.8 Å². The number of benzene rings is 1. The van der Waals surface area contributed by atoms with Gasteiger partial charge in [0, 0.05) is 12.6 Å². The smallest absolute Gasteiger partial charge is 0.185 e. The van der Waals surface area contributed by atoms with E-state index in [0.717, 1.165) is 22.4 Å². The third-order valence-electron chi connectivity index (χ3n) is 3.19. The summed E-state index contributed by atoms with van der Waals surface area (Å²) in [6.07, 6.45) is 2.01. The first-order valence-electron chi connectivity index (χ1n) is 6.20. The molecule has 98 valence electrons. The van der Waals surface area contributed by atoms with Crippen molar-refractivity contribution in [1.82, 2.24) is 4.98 Å². The largest absolute Gasteiger partial charge is 0.497 e. The van der Waals surface area contributed by atoms with Crippen LogP contribution in [0.15, 0.2) is 36.5 Å². The lowest BCUT2D eigenvalue weighted by atomic mass is 9.96. The van der Waals surface area contributed by atoms with Gasteiger partial charge in [0.15, 0.2) is 5.78 Å². The molecule has 1 aromatic carbocycles. The Morgan fingerprint density at radius 2 is 1.89 bits per heavy atom. The van der Waals surface area contributed by atoms with Gasteiger partial charge in [-0.2, -0.15) is 0 Å². The normalized spacial score (nSPS) is 10.3. The summed E-state index contributed by atoms with van der Waals surface area (Å²) in [5.74, 6) is 0.862. The molecule has 0 bridgehead atoms. The van der Waals surface area contributed by atoms with Crippen molar-refractivity contribution in [2.24, 2.45) is 0 Å². The Balaban J connectivity index is 2.27. The summed E-state index contributed by atoms with van der Waals surface area (Å²) >= 11 is 0. The van der Waals surface area contributed by atoms with Crippen molar-refractivity contribution in [2.75, 3.05) is 7.11 Å². The first-order chi connectivity index (χ1) is 9.11. The number of methoxy groups -OCH3 is 1. The van der Waals surface area contributed by atoms with E-state index in [1.54, 1.807) is 25.4 Å². The lowest BCUT2D eigenvalue weighted by Gasteiger charge is -2.11. The first-order valence-corrected chi connectivity index (χ1v) is 6.20. The summed E-state index contributed by atoms with van der Waals surface area (Å²) in [6, 6.07) is 9.28. The average Bonchev–Trinajstić information content (AvgIpc) is 2.43. The van der Waals surface area contributed by atoms with Gasteiger partial charge >= 0.3 is 0 Å². The summed E-state index contributed by atoms with van der Waals surface area (Å²) in [4.78, 5) is 16.3. The summed E-state index contributed by atoms with van der Waals surface area (Å²) in [5, 5.41) is 0. The fraction of sp³-hybridized carbons (Fsp3) is 0.250. The number of aromatic nitrogens is 1. The predicted molar refractivity (Wildman–Crippen MR) is 74.7 cm³/mol. The van der Waals surface area contributed by atoms with Gasteiger partial charge in [0.25, 0.3) is 0 Å². The number of carbonyl (C=O) groups is 1. The number of hydrogen-bond acceptors (Lipinski definition) is 3. The van der Waals surface area contributed by atoms with E-state index in [1.807, 2.05) is 32.0 Å². The van der Waals surface area contributed by atoms with Crippen molar-refractivity contribution < 1.29 is 9.53 Å². The van der Waals surface area contributed by atoms with E-state index in [0.29, 0.717) is 12.1 Å². The minimum atomic E-state index is 0.0389. The average molecular weight is 255 g/mol. The zero-order valence-electron chi connectivity index (χ0n) is 11.4. The minimum Gasteiger partial charge on any atom is -0.497 e. The van der Waals surface area contributed by atoms with Gasteiger partial charge < -0.3 is 4.74 Å². The molecule has 0 atom stereocenters. The number of aryl methyl sites for hydroxylation is 2. The van der Waals surface area contributed by atoms with Crippen LogP contribution in [0.3, 0.4) is 0 Å². The monoisotopic (exact) mass is 255 g/mol. The molecular weight excluding hydrogens is 238 g/mol. The maximum atomic E-state index is 12.2. The van der Waals surface area contributed by atoms with Crippen molar-refractivity contribution in [3.8, 4) is 5.75 Å². The number of pyridine rings is 1. The van der Waals surface area contributed by atoms with Crippen LogP contribution >= 0.6 is 0 Å². The van der Waals surface area contributed by atoms with Crippen LogP contribution in [0.2, 0.25) is 0 Å². The molecule has 3 heteroatoms. The lowest BCUT2D eigenvalue weighted by molar-refractivity contribution is 0.0988. The fourth-order valence-corrected chi connectivity index (χ4v) is 2.13. The van der Waals surface area contributed by atoms with Crippen LogP contribution in [0.1, 0.15) is 27.2 Å². The molecular formula is C16H17NO2. The van der Waals surface area contributed by atoms with Gasteiger partial charge in [0.2, 0.25) is 0 Å². The summed E-state index contributed by atoms with van der Waals surface area (Å²) < 4.78 is 5.22. The Morgan fingerprint density at radius 1 is 1.21 bits per heavy atom. The van der Waals surface area contributed by atoms with E-state index in [2.05, 4.69) is 4.98 Å². The van der Waals surface area contributed by atoms with E-state index < -0.39 is 0 Å². The van der Waals surface area contributed by atoms with E-state index >= 15 is 0 Å². The van der Waals surface area contributed by atoms with E-state index in [9.17, 15) is 4.79 Å². The molecule has 1 aromatic heterocycles. The maximum absolute atomic E-state index is 12.2. The molecule has 0 radical (unpaired) electrons. The molecule has 0 fully saturated rings. The molecule has 3 nitrogen and oxygen atoms in total. The zero-order chi connectivity index (χ0) is 13.8. The van der Waals surface area contributed by atoms with Gasteiger partial charge in [-0.15, -0.1) is 0 Å². The second-order valence-electron chi connectivity index (χ2n) is 4.55. The summed E-state index contributed by atoms with van der Waals surface area (Å²) in [7, 11) is 1.65. The SMILES string of the molecule is COc1cc(C)c(CC(=O)c2ccccn2)c(C)c1. The summed E-state index contributed by atoms with van der Waals surface area (Å²) in [5.41, 5.74) is 3.70. The van der Waals surface area contributed by atoms with Crippen molar-refractivity contribution in [2.45, 2.75) is 20.3 Å². The van der Waals surface area contributed by atoms with E-state index in [4.69, 9.17) is 4.74 Å². The van der Waals surface area contributed by atoms with Gasteiger partial charge in [-0.1, -0.05) is 6.07 Å². The number of ether oxygens (including phenoxy) is 1. The molecule has 19 heavy (non-hydrogen) atoms. The number of Topliss-reactive ketones (excluding diaryl/α,β-unsaturated/α-hetero) is 1. The highest BCUT2D eigenvalue weighted by molar-refractivity contribution is 5.96. The molecule has 0 saturated carbocycles. The number of ketones is 1. The molecule has 0 N–H and O–H groups in total. The quantitative estimate of drug-likeness (QED) is 0.788.